The van der Waals surface area contributed by atoms with E-state index in [9.17, 15) is 9.59 Å². The molecule has 1 heterocycles. The van der Waals surface area contributed by atoms with Crippen molar-refractivity contribution in [2.75, 3.05) is 11.4 Å². The quantitative estimate of drug-likeness (QED) is 0.917. The molecule has 0 atom stereocenters. The van der Waals surface area contributed by atoms with Gasteiger partial charge in [-0.2, -0.15) is 0 Å². The van der Waals surface area contributed by atoms with E-state index in [1.165, 1.54) is 0 Å². The van der Waals surface area contributed by atoms with Crippen molar-refractivity contribution in [2.24, 2.45) is 0 Å². The van der Waals surface area contributed by atoms with Crippen molar-refractivity contribution in [1.82, 2.24) is 5.32 Å². The fourth-order valence-electron chi connectivity index (χ4n) is 2.18. The van der Waals surface area contributed by atoms with Crippen molar-refractivity contribution in [1.29, 1.82) is 0 Å². The molecule has 0 unspecified atom stereocenters. The van der Waals surface area contributed by atoms with Crippen molar-refractivity contribution < 1.29 is 9.59 Å². The zero-order valence-electron chi connectivity index (χ0n) is 12.4. The maximum atomic E-state index is 12.1. The Morgan fingerprint density at radius 3 is 2.45 bits per heavy atom. The fraction of sp³-hybridized carbons (Fsp3) is 0.500. The number of nitrogens with one attached hydrogen (secondary N) is 1. The van der Waals surface area contributed by atoms with Gasteiger partial charge in [-0.1, -0.05) is 6.92 Å². The maximum Gasteiger partial charge on any atom is 0.251 e. The molecule has 1 aromatic rings. The summed E-state index contributed by atoms with van der Waals surface area (Å²) in [6, 6.07) is 7.25. The van der Waals surface area contributed by atoms with Crippen LogP contribution in [0, 0.1) is 0 Å². The van der Waals surface area contributed by atoms with Gasteiger partial charge in [-0.25, -0.2) is 0 Å². The lowest BCUT2D eigenvalue weighted by Gasteiger charge is -2.24. The van der Waals surface area contributed by atoms with E-state index in [0.29, 0.717) is 12.0 Å². The number of hydrogen-bond acceptors (Lipinski definition) is 2. The summed E-state index contributed by atoms with van der Waals surface area (Å²) < 4.78 is 0. The highest BCUT2D eigenvalue weighted by atomic mass is 16.2. The third-order valence-corrected chi connectivity index (χ3v) is 3.85. The van der Waals surface area contributed by atoms with E-state index >= 15 is 0 Å². The number of carbonyl (C=O) groups is 2. The minimum absolute atomic E-state index is 0.0730. The molecule has 1 aliphatic heterocycles. The van der Waals surface area contributed by atoms with E-state index in [1.807, 2.05) is 32.9 Å². The summed E-state index contributed by atoms with van der Waals surface area (Å²) in [6.45, 7) is 6.82. The predicted molar refractivity (Wildman–Crippen MR) is 79.9 cm³/mol. The second-order valence-electron chi connectivity index (χ2n) is 5.89. The average Bonchev–Trinajstić information content (AvgIpc) is 2.85. The van der Waals surface area contributed by atoms with Crippen LogP contribution in [0.25, 0.3) is 0 Å². The first kappa shape index (κ1) is 14.6. The Morgan fingerprint density at radius 2 is 1.95 bits per heavy atom. The number of benzene rings is 1. The van der Waals surface area contributed by atoms with Crippen molar-refractivity contribution in [3.63, 3.8) is 0 Å². The van der Waals surface area contributed by atoms with E-state index in [2.05, 4.69) is 5.32 Å². The summed E-state index contributed by atoms with van der Waals surface area (Å²) in [5.41, 5.74) is 1.29. The number of nitrogens with zero attached hydrogens (tertiary/aromatic N) is 1. The molecule has 1 fully saturated rings. The maximum absolute atomic E-state index is 12.1. The Balaban J connectivity index is 2.08. The number of carbonyl (C=O) groups excluding carboxylic acids is 2. The second kappa shape index (κ2) is 5.65. The van der Waals surface area contributed by atoms with Gasteiger partial charge in [0, 0.05) is 29.8 Å². The summed E-state index contributed by atoms with van der Waals surface area (Å²) in [4.78, 5) is 25.6. The van der Waals surface area contributed by atoms with Gasteiger partial charge in [-0.05, 0) is 51.0 Å². The number of rotatable bonds is 4. The van der Waals surface area contributed by atoms with Gasteiger partial charge in [0.2, 0.25) is 5.91 Å². The van der Waals surface area contributed by atoms with Gasteiger partial charge in [0.05, 0.1) is 0 Å². The lowest BCUT2D eigenvalue weighted by Crippen LogP contribution is -2.42. The molecular formula is C16H22N2O2. The summed E-state index contributed by atoms with van der Waals surface area (Å²) in [7, 11) is 0. The van der Waals surface area contributed by atoms with Crippen LogP contribution in [0.3, 0.4) is 0 Å². The lowest BCUT2D eigenvalue weighted by molar-refractivity contribution is -0.117. The van der Waals surface area contributed by atoms with Crippen molar-refractivity contribution in [3.05, 3.63) is 29.8 Å². The molecule has 4 nitrogen and oxygen atoms in total. The molecule has 1 aromatic carbocycles. The summed E-state index contributed by atoms with van der Waals surface area (Å²) in [5, 5.41) is 3.00. The monoisotopic (exact) mass is 274 g/mol. The van der Waals surface area contributed by atoms with Gasteiger partial charge in [-0.3, -0.25) is 9.59 Å². The molecule has 0 radical (unpaired) electrons. The molecule has 0 aromatic heterocycles. The molecule has 4 heteroatoms. The molecule has 1 saturated heterocycles. The lowest BCUT2D eigenvalue weighted by atomic mass is 10.0. The van der Waals surface area contributed by atoms with Gasteiger partial charge >= 0.3 is 0 Å². The third-order valence-electron chi connectivity index (χ3n) is 3.85. The summed E-state index contributed by atoms with van der Waals surface area (Å²) in [6.07, 6.45) is 2.40. The van der Waals surface area contributed by atoms with Crippen LogP contribution in [0.1, 0.15) is 50.4 Å². The zero-order valence-corrected chi connectivity index (χ0v) is 12.4. The summed E-state index contributed by atoms with van der Waals surface area (Å²) >= 11 is 0. The Morgan fingerprint density at radius 1 is 1.30 bits per heavy atom. The van der Waals surface area contributed by atoms with E-state index in [-0.39, 0.29) is 17.4 Å². The largest absolute Gasteiger partial charge is 0.347 e. The minimum Gasteiger partial charge on any atom is -0.347 e. The Hall–Kier alpha value is -1.84. The topological polar surface area (TPSA) is 49.4 Å². The molecule has 2 amide bonds. The Bertz CT molecular complexity index is 506. The van der Waals surface area contributed by atoms with E-state index in [4.69, 9.17) is 0 Å². The molecule has 0 bridgehead atoms. The van der Waals surface area contributed by atoms with Crippen LogP contribution in [0.5, 0.6) is 0 Å². The van der Waals surface area contributed by atoms with E-state index in [0.717, 1.165) is 25.1 Å². The number of anilines is 1. The van der Waals surface area contributed by atoms with E-state index < -0.39 is 0 Å². The van der Waals surface area contributed by atoms with E-state index in [1.54, 1.807) is 17.0 Å². The standard InChI is InChI=1S/C16H22N2O2/c1-4-16(2,3)17-15(20)12-7-9-13(10-8-12)18-11-5-6-14(18)19/h7-10H,4-6,11H2,1-3H3,(H,17,20). The Labute approximate surface area is 120 Å². The average molecular weight is 274 g/mol. The molecule has 1 N–H and O–H groups in total. The Kier molecular flexibility index (Phi) is 4.12. The molecule has 108 valence electrons. The van der Waals surface area contributed by atoms with Crippen LogP contribution in [-0.2, 0) is 4.79 Å². The molecule has 0 aliphatic carbocycles. The predicted octanol–water partition coefficient (Wildman–Crippen LogP) is 2.73. The fourth-order valence-corrected chi connectivity index (χ4v) is 2.18. The van der Waals surface area contributed by atoms with Gasteiger partial charge in [0.15, 0.2) is 0 Å². The zero-order chi connectivity index (χ0) is 14.8. The first-order chi connectivity index (χ1) is 9.43. The molecule has 1 aliphatic rings. The van der Waals surface area contributed by atoms with Crippen molar-refractivity contribution in [2.45, 2.75) is 45.6 Å². The van der Waals surface area contributed by atoms with Crippen LogP contribution < -0.4 is 10.2 Å². The van der Waals surface area contributed by atoms with Crippen molar-refractivity contribution in [3.8, 4) is 0 Å². The number of hydrogen-bond donors (Lipinski definition) is 1. The van der Waals surface area contributed by atoms with Crippen molar-refractivity contribution >= 4 is 17.5 Å². The molecule has 20 heavy (non-hydrogen) atoms. The molecule has 0 saturated carbocycles. The SMILES string of the molecule is CCC(C)(C)NC(=O)c1ccc(N2CCCC2=O)cc1. The molecular weight excluding hydrogens is 252 g/mol. The van der Waals surface area contributed by atoms with Crippen LogP contribution in [0.15, 0.2) is 24.3 Å². The summed E-state index contributed by atoms with van der Waals surface area (Å²) in [5.74, 6) is 0.0884. The van der Waals surface area contributed by atoms with Gasteiger partial charge in [0.1, 0.15) is 0 Å². The normalized spacial score (nSPS) is 15.6. The second-order valence-corrected chi connectivity index (χ2v) is 5.89. The van der Waals surface area contributed by atoms with Crippen LogP contribution >= 0.6 is 0 Å². The number of amides is 2. The van der Waals surface area contributed by atoms with Gasteiger partial charge in [0.25, 0.3) is 5.91 Å². The highest BCUT2D eigenvalue weighted by molar-refractivity contribution is 5.97. The van der Waals surface area contributed by atoms with Crippen LogP contribution in [0.4, 0.5) is 5.69 Å². The highest BCUT2D eigenvalue weighted by Gasteiger charge is 2.22. The molecule has 2 rings (SSSR count). The minimum atomic E-state index is -0.208. The van der Waals surface area contributed by atoms with Crippen LogP contribution in [0.2, 0.25) is 0 Å². The highest BCUT2D eigenvalue weighted by Crippen LogP contribution is 2.21. The van der Waals surface area contributed by atoms with Crippen LogP contribution in [-0.4, -0.2) is 23.9 Å². The van der Waals surface area contributed by atoms with Gasteiger partial charge in [-0.15, -0.1) is 0 Å². The molecule has 0 spiro atoms. The first-order valence-electron chi connectivity index (χ1n) is 7.16. The first-order valence-corrected chi connectivity index (χ1v) is 7.16. The third kappa shape index (κ3) is 3.18. The smallest absolute Gasteiger partial charge is 0.251 e. The van der Waals surface area contributed by atoms with Gasteiger partial charge < -0.3 is 10.2 Å².